The van der Waals surface area contributed by atoms with Crippen LogP contribution in [0.15, 0.2) is 22.6 Å². The lowest BCUT2D eigenvalue weighted by Gasteiger charge is -2.00. The van der Waals surface area contributed by atoms with E-state index in [-0.39, 0.29) is 11.5 Å². The molecule has 0 aliphatic rings. The molecule has 1 heterocycles. The van der Waals surface area contributed by atoms with Crippen molar-refractivity contribution in [3.8, 4) is 22.8 Å². The molecule has 0 unspecified atom stereocenters. The number of aromatic nitrogens is 1. The molecule has 0 aliphatic heterocycles. The molecule has 1 aromatic heterocycles. The summed E-state index contributed by atoms with van der Waals surface area (Å²) >= 11 is 0. The molecule has 0 fully saturated rings. The fourth-order valence-corrected chi connectivity index (χ4v) is 1.47. The average Bonchev–Trinajstić information content (AvgIpc) is 2.50. The third-order valence-corrected chi connectivity index (χ3v) is 2.15. The van der Waals surface area contributed by atoms with Gasteiger partial charge in [-0.05, 0) is 25.1 Å². The molecule has 2 aromatic rings. The first-order chi connectivity index (χ1) is 7.08. The van der Waals surface area contributed by atoms with E-state index < -0.39 is 0 Å². The van der Waals surface area contributed by atoms with Crippen molar-refractivity contribution in [1.82, 2.24) is 4.98 Å². The molecule has 0 saturated carbocycles. The van der Waals surface area contributed by atoms with E-state index in [1.165, 1.54) is 12.1 Å². The molecular formula is C11H11NO3. The van der Waals surface area contributed by atoms with E-state index in [1.807, 2.05) is 0 Å². The van der Waals surface area contributed by atoms with Crippen LogP contribution in [0.25, 0.3) is 11.3 Å². The second kappa shape index (κ2) is 3.31. The van der Waals surface area contributed by atoms with Crippen LogP contribution in [-0.2, 0) is 0 Å². The Kier molecular flexibility index (Phi) is 2.11. The molecule has 0 bridgehead atoms. The van der Waals surface area contributed by atoms with Crippen molar-refractivity contribution in [1.29, 1.82) is 0 Å². The Balaban J connectivity index is 2.54. The number of nitrogens with zero attached hydrogens (tertiary/aromatic N) is 1. The van der Waals surface area contributed by atoms with Gasteiger partial charge in [-0.3, -0.25) is 0 Å². The van der Waals surface area contributed by atoms with Crippen molar-refractivity contribution >= 4 is 0 Å². The van der Waals surface area contributed by atoms with E-state index in [0.717, 1.165) is 5.56 Å². The van der Waals surface area contributed by atoms with Crippen molar-refractivity contribution in [2.45, 2.75) is 13.8 Å². The van der Waals surface area contributed by atoms with Crippen molar-refractivity contribution < 1.29 is 14.6 Å². The molecule has 0 atom stereocenters. The Labute approximate surface area is 86.8 Å². The lowest BCUT2D eigenvalue weighted by molar-refractivity contribution is 0.404. The second-order valence-corrected chi connectivity index (χ2v) is 3.34. The zero-order valence-corrected chi connectivity index (χ0v) is 8.48. The van der Waals surface area contributed by atoms with Gasteiger partial charge in [-0.15, -0.1) is 0 Å². The van der Waals surface area contributed by atoms with Gasteiger partial charge in [0.1, 0.15) is 11.5 Å². The normalized spacial score (nSPS) is 10.5. The third kappa shape index (κ3) is 1.66. The Morgan fingerprint density at radius 1 is 1.13 bits per heavy atom. The SMILES string of the molecule is Cc1nc(-c2ccc(O)c(O)c2)c(C)o1. The first-order valence-electron chi connectivity index (χ1n) is 4.54. The lowest BCUT2D eigenvalue weighted by Crippen LogP contribution is -1.81. The summed E-state index contributed by atoms with van der Waals surface area (Å²) in [6.07, 6.45) is 0. The molecule has 0 saturated heterocycles. The van der Waals surface area contributed by atoms with Gasteiger partial charge in [0.2, 0.25) is 0 Å². The van der Waals surface area contributed by atoms with E-state index in [4.69, 9.17) is 4.42 Å². The molecule has 4 nitrogen and oxygen atoms in total. The fraction of sp³-hybridized carbons (Fsp3) is 0.182. The van der Waals surface area contributed by atoms with Crippen LogP contribution in [0.2, 0.25) is 0 Å². The molecule has 0 amide bonds. The standard InChI is InChI=1S/C11H11NO3/c1-6-11(12-7(2)15-6)8-3-4-9(13)10(14)5-8/h3-5,13-14H,1-2H3. The number of aromatic hydroxyl groups is 2. The van der Waals surface area contributed by atoms with Crippen molar-refractivity contribution in [2.24, 2.45) is 0 Å². The molecule has 0 radical (unpaired) electrons. The van der Waals surface area contributed by atoms with Gasteiger partial charge in [-0.2, -0.15) is 0 Å². The molecule has 1 aromatic carbocycles. The van der Waals surface area contributed by atoms with Crippen LogP contribution >= 0.6 is 0 Å². The number of oxazole rings is 1. The molecule has 2 N–H and O–H groups in total. The van der Waals surface area contributed by atoms with Crippen LogP contribution in [-0.4, -0.2) is 15.2 Å². The first-order valence-corrected chi connectivity index (χ1v) is 4.54. The molecule has 78 valence electrons. The van der Waals surface area contributed by atoms with Gasteiger partial charge in [0.25, 0.3) is 0 Å². The molecule has 2 rings (SSSR count). The summed E-state index contributed by atoms with van der Waals surface area (Å²) in [5, 5.41) is 18.5. The number of aryl methyl sites for hydroxylation is 2. The van der Waals surface area contributed by atoms with Crippen molar-refractivity contribution in [3.63, 3.8) is 0 Å². The minimum atomic E-state index is -0.160. The van der Waals surface area contributed by atoms with E-state index in [2.05, 4.69) is 4.98 Å². The lowest BCUT2D eigenvalue weighted by atomic mass is 10.1. The fourth-order valence-electron chi connectivity index (χ4n) is 1.47. The van der Waals surface area contributed by atoms with E-state index in [1.54, 1.807) is 19.9 Å². The quantitative estimate of drug-likeness (QED) is 0.701. The third-order valence-electron chi connectivity index (χ3n) is 2.15. The van der Waals surface area contributed by atoms with Gasteiger partial charge in [0, 0.05) is 12.5 Å². The zero-order valence-electron chi connectivity index (χ0n) is 8.48. The average molecular weight is 205 g/mol. The predicted molar refractivity (Wildman–Crippen MR) is 54.7 cm³/mol. The van der Waals surface area contributed by atoms with Gasteiger partial charge >= 0.3 is 0 Å². The summed E-state index contributed by atoms with van der Waals surface area (Å²) in [6.45, 7) is 3.57. The number of phenols is 2. The Bertz CT molecular complexity index is 503. The van der Waals surface area contributed by atoms with Gasteiger partial charge in [-0.25, -0.2) is 4.98 Å². The monoisotopic (exact) mass is 205 g/mol. The van der Waals surface area contributed by atoms with Gasteiger partial charge in [0.15, 0.2) is 17.4 Å². The topological polar surface area (TPSA) is 66.5 Å². The van der Waals surface area contributed by atoms with Crippen LogP contribution in [0.1, 0.15) is 11.7 Å². The summed E-state index contributed by atoms with van der Waals surface area (Å²) in [7, 11) is 0. The van der Waals surface area contributed by atoms with Crippen LogP contribution in [0.3, 0.4) is 0 Å². The van der Waals surface area contributed by atoms with Crippen LogP contribution in [0.5, 0.6) is 11.5 Å². The highest BCUT2D eigenvalue weighted by Crippen LogP contribution is 2.31. The highest BCUT2D eigenvalue weighted by molar-refractivity contribution is 5.64. The minimum absolute atomic E-state index is 0.142. The molecule has 0 spiro atoms. The summed E-state index contributed by atoms with van der Waals surface area (Å²) in [5.41, 5.74) is 1.41. The highest BCUT2D eigenvalue weighted by Gasteiger charge is 2.10. The number of benzene rings is 1. The molecular weight excluding hydrogens is 194 g/mol. The number of rotatable bonds is 1. The number of phenolic OH excluding ortho intramolecular Hbond substituents is 2. The van der Waals surface area contributed by atoms with E-state index in [0.29, 0.717) is 17.3 Å². The Morgan fingerprint density at radius 3 is 2.40 bits per heavy atom. The predicted octanol–water partition coefficient (Wildman–Crippen LogP) is 2.37. The minimum Gasteiger partial charge on any atom is -0.504 e. The smallest absolute Gasteiger partial charge is 0.191 e. The number of hydrogen-bond acceptors (Lipinski definition) is 4. The summed E-state index contributed by atoms with van der Waals surface area (Å²) in [6, 6.07) is 4.56. The molecule has 15 heavy (non-hydrogen) atoms. The maximum Gasteiger partial charge on any atom is 0.191 e. The van der Waals surface area contributed by atoms with Gasteiger partial charge in [0.05, 0.1) is 0 Å². The van der Waals surface area contributed by atoms with E-state index in [9.17, 15) is 10.2 Å². The van der Waals surface area contributed by atoms with Crippen LogP contribution < -0.4 is 0 Å². The van der Waals surface area contributed by atoms with Crippen LogP contribution in [0, 0.1) is 13.8 Å². The largest absolute Gasteiger partial charge is 0.504 e. The van der Waals surface area contributed by atoms with Crippen LogP contribution in [0.4, 0.5) is 0 Å². The van der Waals surface area contributed by atoms with Crippen molar-refractivity contribution in [2.75, 3.05) is 0 Å². The highest BCUT2D eigenvalue weighted by atomic mass is 16.4. The maximum atomic E-state index is 9.35. The summed E-state index contributed by atoms with van der Waals surface area (Å²) < 4.78 is 5.28. The molecule has 0 aliphatic carbocycles. The maximum absolute atomic E-state index is 9.35. The Hall–Kier alpha value is -1.97. The van der Waals surface area contributed by atoms with Crippen molar-refractivity contribution in [3.05, 3.63) is 29.9 Å². The first kappa shape index (κ1) is 9.58. The number of hydrogen-bond donors (Lipinski definition) is 2. The second-order valence-electron chi connectivity index (χ2n) is 3.34. The van der Waals surface area contributed by atoms with E-state index >= 15 is 0 Å². The van der Waals surface area contributed by atoms with Gasteiger partial charge < -0.3 is 14.6 Å². The Morgan fingerprint density at radius 2 is 1.87 bits per heavy atom. The van der Waals surface area contributed by atoms with Gasteiger partial charge in [-0.1, -0.05) is 0 Å². The summed E-state index contributed by atoms with van der Waals surface area (Å²) in [4.78, 5) is 4.19. The molecule has 4 heteroatoms. The zero-order chi connectivity index (χ0) is 11.0. The summed E-state index contributed by atoms with van der Waals surface area (Å²) in [5.74, 6) is 0.969.